The molecule has 5 nitrogen and oxygen atoms in total. The maximum atomic E-state index is 6.46. The van der Waals surface area contributed by atoms with Crippen LogP contribution in [-0.2, 0) is 33.9 Å². The fourth-order valence-corrected chi connectivity index (χ4v) is 6.67. The molecule has 0 fully saturated rings. The van der Waals surface area contributed by atoms with Gasteiger partial charge >= 0.3 is 21.1 Å². The van der Waals surface area contributed by atoms with Gasteiger partial charge in [0.1, 0.15) is 5.82 Å². The van der Waals surface area contributed by atoms with Crippen molar-refractivity contribution in [1.29, 1.82) is 0 Å². The van der Waals surface area contributed by atoms with Gasteiger partial charge in [-0.15, -0.1) is 35.7 Å². The van der Waals surface area contributed by atoms with Crippen LogP contribution < -0.4 is 4.74 Å². The van der Waals surface area contributed by atoms with Gasteiger partial charge < -0.3 is 9.30 Å². The van der Waals surface area contributed by atoms with Gasteiger partial charge in [-0.3, -0.25) is 4.68 Å². The van der Waals surface area contributed by atoms with E-state index in [9.17, 15) is 0 Å². The van der Waals surface area contributed by atoms with Gasteiger partial charge in [-0.05, 0) is 79.1 Å². The van der Waals surface area contributed by atoms with Crippen LogP contribution in [-0.4, -0.2) is 19.3 Å². The van der Waals surface area contributed by atoms with E-state index in [0.717, 1.165) is 69.7 Å². The predicted molar refractivity (Wildman–Crippen MR) is 192 cm³/mol. The maximum Gasteiger partial charge on any atom is 2.00 e. The summed E-state index contributed by atoms with van der Waals surface area (Å²) in [7, 11) is 0. The number of nitrogens with zero attached hydrogens (tertiary/aromatic N) is 4. The molecule has 0 aliphatic rings. The number of benzene rings is 4. The third-order valence-corrected chi connectivity index (χ3v) is 8.92. The number of unbranched alkanes of at least 4 members (excludes halogenated alkanes) is 2. The number of ether oxygens (including phenoxy) is 1. The number of hydrogen-bond acceptors (Lipinski definition) is 3. The molecule has 3 aromatic heterocycles. The van der Waals surface area contributed by atoms with Crippen LogP contribution in [0.1, 0.15) is 62.0 Å². The van der Waals surface area contributed by atoms with Gasteiger partial charge in [-0.1, -0.05) is 81.1 Å². The first-order valence-corrected chi connectivity index (χ1v) is 16.8. The van der Waals surface area contributed by atoms with Gasteiger partial charge in [0.25, 0.3) is 0 Å². The minimum atomic E-state index is 0. The van der Waals surface area contributed by atoms with Gasteiger partial charge in [-0.25, -0.2) is 4.98 Å². The quantitative estimate of drug-likeness (QED) is 0.0966. The molecule has 0 aliphatic carbocycles. The number of pyridine rings is 1. The minimum absolute atomic E-state index is 0. The van der Waals surface area contributed by atoms with Crippen molar-refractivity contribution in [2.45, 2.75) is 66.2 Å². The van der Waals surface area contributed by atoms with E-state index in [1.54, 1.807) is 0 Å². The molecule has 4 aromatic carbocycles. The van der Waals surface area contributed by atoms with Gasteiger partial charge in [0.15, 0.2) is 0 Å². The van der Waals surface area contributed by atoms with Gasteiger partial charge in [0.2, 0.25) is 0 Å². The van der Waals surface area contributed by atoms with Crippen molar-refractivity contribution in [3.63, 3.8) is 0 Å². The van der Waals surface area contributed by atoms with E-state index in [2.05, 4.69) is 105 Å². The summed E-state index contributed by atoms with van der Waals surface area (Å²) in [5.74, 6) is 2.13. The molecule has 244 valence electrons. The van der Waals surface area contributed by atoms with E-state index in [1.807, 2.05) is 41.2 Å². The zero-order valence-corrected chi connectivity index (χ0v) is 30.3. The molecule has 0 radical (unpaired) electrons. The molecule has 0 atom stereocenters. The number of aromatic nitrogens is 4. The van der Waals surface area contributed by atoms with E-state index in [-0.39, 0.29) is 21.1 Å². The Kier molecular flexibility index (Phi) is 10.3. The summed E-state index contributed by atoms with van der Waals surface area (Å²) < 4.78 is 10.6. The number of fused-ring (bicyclic) bond motifs is 3. The van der Waals surface area contributed by atoms with E-state index in [1.165, 1.54) is 35.8 Å². The molecule has 0 bridgehead atoms. The molecular weight excluding hydrogens is 772 g/mol. The molecule has 0 spiro atoms. The smallest absolute Gasteiger partial charge is 0.509 e. The summed E-state index contributed by atoms with van der Waals surface area (Å²) in [6, 6.07) is 38.7. The van der Waals surface area contributed by atoms with E-state index >= 15 is 0 Å². The molecule has 0 N–H and O–H groups in total. The topological polar surface area (TPSA) is 44.9 Å². The largest absolute Gasteiger partial charge is 2.00 e. The van der Waals surface area contributed by atoms with E-state index in [0.29, 0.717) is 11.5 Å². The second-order valence-electron chi connectivity index (χ2n) is 12.3. The SMILES string of the molecule is CCCCCc1ccc2c(c1)c1ccc(Oc3[c-]c(-n4nc(C)c(-c5ccccc5)c4C)ccc3)[c-]c1n2-c1cc(CCC)ccn1.[Pt+2]. The first-order chi connectivity index (χ1) is 23.0. The molecule has 7 aromatic rings. The summed E-state index contributed by atoms with van der Waals surface area (Å²) in [5.41, 5.74) is 9.88. The Hall–Kier alpha value is -4.47. The Balaban J connectivity index is 0.00000401. The van der Waals surface area contributed by atoms with Crippen molar-refractivity contribution in [2.75, 3.05) is 0 Å². The maximum absolute atomic E-state index is 6.46. The van der Waals surface area contributed by atoms with Crippen LogP contribution in [0.5, 0.6) is 11.5 Å². The number of hydrogen-bond donors (Lipinski definition) is 0. The van der Waals surface area contributed by atoms with Crippen molar-refractivity contribution >= 4 is 21.8 Å². The Labute approximate surface area is 297 Å². The van der Waals surface area contributed by atoms with Crippen LogP contribution in [0.4, 0.5) is 0 Å². The Morgan fingerprint density at radius 3 is 2.35 bits per heavy atom. The Bertz CT molecular complexity index is 2180. The predicted octanol–water partition coefficient (Wildman–Crippen LogP) is 10.7. The van der Waals surface area contributed by atoms with E-state index < -0.39 is 0 Å². The van der Waals surface area contributed by atoms with Crippen molar-refractivity contribution in [2.24, 2.45) is 0 Å². The van der Waals surface area contributed by atoms with Gasteiger partial charge in [0, 0.05) is 34.5 Å². The molecule has 6 heteroatoms. The monoisotopic (exact) mass is 811 g/mol. The van der Waals surface area contributed by atoms with Crippen LogP contribution in [0.15, 0.2) is 97.2 Å². The summed E-state index contributed by atoms with van der Waals surface area (Å²) in [4.78, 5) is 4.83. The van der Waals surface area contributed by atoms with Gasteiger partial charge in [-0.2, -0.15) is 17.2 Å². The van der Waals surface area contributed by atoms with Gasteiger partial charge in [0.05, 0.1) is 5.69 Å². The first kappa shape index (κ1) is 33.4. The zero-order chi connectivity index (χ0) is 32.3. The van der Waals surface area contributed by atoms with E-state index in [4.69, 9.17) is 14.8 Å². The summed E-state index contributed by atoms with van der Waals surface area (Å²) in [6.07, 6.45) is 8.76. The summed E-state index contributed by atoms with van der Waals surface area (Å²) in [5, 5.41) is 7.23. The van der Waals surface area contributed by atoms with Crippen LogP contribution in [0, 0.1) is 26.0 Å². The molecule has 7 rings (SSSR count). The minimum Gasteiger partial charge on any atom is -0.509 e. The first-order valence-electron chi connectivity index (χ1n) is 16.8. The molecule has 3 heterocycles. The van der Waals surface area contributed by atoms with Crippen LogP contribution in [0.3, 0.4) is 0 Å². The summed E-state index contributed by atoms with van der Waals surface area (Å²) >= 11 is 0. The fourth-order valence-electron chi connectivity index (χ4n) is 6.67. The summed E-state index contributed by atoms with van der Waals surface area (Å²) in [6.45, 7) is 8.61. The molecular formula is C42H40N4OPt. The molecule has 0 saturated heterocycles. The van der Waals surface area contributed by atoms with Crippen molar-refractivity contribution in [3.05, 3.63) is 132 Å². The van der Waals surface area contributed by atoms with Crippen molar-refractivity contribution in [1.82, 2.24) is 19.3 Å². The fraction of sp³-hybridized carbons (Fsp3) is 0.238. The third-order valence-electron chi connectivity index (χ3n) is 8.92. The number of aryl methyl sites for hydroxylation is 3. The normalized spacial score (nSPS) is 11.2. The molecule has 0 amide bonds. The van der Waals surface area contributed by atoms with Crippen molar-refractivity contribution < 1.29 is 25.8 Å². The Morgan fingerprint density at radius 1 is 0.729 bits per heavy atom. The molecule has 0 aliphatic heterocycles. The van der Waals surface area contributed by atoms with Crippen LogP contribution in [0.2, 0.25) is 0 Å². The molecule has 0 unspecified atom stereocenters. The van der Waals surface area contributed by atoms with Crippen molar-refractivity contribution in [3.8, 4) is 34.1 Å². The second kappa shape index (κ2) is 14.7. The van der Waals surface area contributed by atoms with Crippen LogP contribution in [0.25, 0.3) is 44.4 Å². The molecule has 0 saturated carbocycles. The number of rotatable bonds is 11. The molecule has 48 heavy (non-hydrogen) atoms. The second-order valence-corrected chi connectivity index (χ2v) is 12.3. The zero-order valence-electron chi connectivity index (χ0n) is 28.0. The Morgan fingerprint density at radius 2 is 1.54 bits per heavy atom. The van der Waals surface area contributed by atoms with Crippen LogP contribution >= 0.6 is 0 Å². The third kappa shape index (κ3) is 6.62. The average Bonchev–Trinajstić information content (AvgIpc) is 3.57. The standard InChI is InChI=1S/C42H40N4O.Pt/c1-5-7-9-14-32-19-22-39-38(25-32)37-21-20-36(28-40(37)45(39)41-26-31(13-6-2)23-24-43-41)47-35-18-12-17-34(27-35)46-30(4)42(29(3)44-46)33-15-10-8-11-16-33;/h8,10-12,15-26H,5-7,9,13-14H2,1-4H3;/q-2;+2. The average molecular weight is 812 g/mol.